The molecule has 0 bridgehead atoms. The fourth-order valence-electron chi connectivity index (χ4n) is 3.38. The molecule has 0 amide bonds. The second kappa shape index (κ2) is 4.91. The molecule has 5 nitrogen and oxygen atoms in total. The first-order chi connectivity index (χ1) is 10.3. The van der Waals surface area contributed by atoms with Crippen LogP contribution in [0.1, 0.15) is 12.8 Å². The van der Waals surface area contributed by atoms with Crippen LogP contribution in [0, 0.1) is 11.8 Å². The lowest BCUT2D eigenvalue weighted by Crippen LogP contribution is -2.21. The minimum absolute atomic E-state index is 0.448. The van der Waals surface area contributed by atoms with Gasteiger partial charge in [-0.05, 0) is 36.8 Å². The summed E-state index contributed by atoms with van der Waals surface area (Å²) >= 11 is 0. The lowest BCUT2D eigenvalue weighted by atomic mass is 9.86. The molecule has 2 heterocycles. The van der Waals surface area contributed by atoms with Gasteiger partial charge in [-0.25, -0.2) is 0 Å². The van der Waals surface area contributed by atoms with E-state index >= 15 is 0 Å². The third-order valence-electron chi connectivity index (χ3n) is 4.53. The summed E-state index contributed by atoms with van der Waals surface area (Å²) in [4.78, 5) is 6.74. The summed E-state index contributed by atoms with van der Waals surface area (Å²) in [6, 6.07) is 9.92. The van der Waals surface area contributed by atoms with E-state index < -0.39 is 0 Å². The van der Waals surface area contributed by atoms with Gasteiger partial charge < -0.3 is 10.6 Å². The van der Waals surface area contributed by atoms with Gasteiger partial charge in [-0.3, -0.25) is 0 Å². The zero-order valence-corrected chi connectivity index (χ0v) is 11.9. The Morgan fingerprint density at radius 2 is 1.67 bits per heavy atom. The molecule has 5 heteroatoms. The molecular formula is C16H19N5. The van der Waals surface area contributed by atoms with Crippen LogP contribution in [-0.4, -0.2) is 27.9 Å². The fourth-order valence-corrected chi connectivity index (χ4v) is 3.38. The lowest BCUT2D eigenvalue weighted by Gasteiger charge is -2.17. The van der Waals surface area contributed by atoms with Crippen molar-refractivity contribution < 1.29 is 0 Å². The molecule has 21 heavy (non-hydrogen) atoms. The smallest absolute Gasteiger partial charge is 0.247 e. The number of fused-ring (bicyclic) bond motifs is 1. The maximum atomic E-state index is 6.04. The van der Waals surface area contributed by atoms with Crippen molar-refractivity contribution in [1.82, 2.24) is 14.8 Å². The van der Waals surface area contributed by atoms with Crippen LogP contribution in [0.25, 0.3) is 5.69 Å². The Labute approximate surface area is 124 Å². The van der Waals surface area contributed by atoms with Gasteiger partial charge >= 0.3 is 0 Å². The Morgan fingerprint density at radius 3 is 2.33 bits per heavy atom. The Balaban J connectivity index is 1.60. The first-order valence-electron chi connectivity index (χ1n) is 7.49. The van der Waals surface area contributed by atoms with Crippen LogP contribution < -0.4 is 10.6 Å². The molecule has 108 valence electrons. The van der Waals surface area contributed by atoms with E-state index in [0.29, 0.717) is 5.95 Å². The van der Waals surface area contributed by atoms with Crippen molar-refractivity contribution in [3.8, 4) is 5.69 Å². The number of hydrogen-bond acceptors (Lipinski definition) is 4. The molecule has 1 aliphatic heterocycles. The molecule has 4 rings (SSSR count). The first-order valence-corrected chi connectivity index (χ1v) is 7.49. The number of nitrogens with two attached hydrogens (primary N) is 1. The quantitative estimate of drug-likeness (QED) is 0.858. The van der Waals surface area contributed by atoms with Crippen molar-refractivity contribution in [2.24, 2.45) is 11.8 Å². The van der Waals surface area contributed by atoms with Gasteiger partial charge in [0.2, 0.25) is 11.9 Å². The monoisotopic (exact) mass is 281 g/mol. The molecular weight excluding hydrogens is 262 g/mol. The van der Waals surface area contributed by atoms with Crippen molar-refractivity contribution in [3.05, 3.63) is 42.5 Å². The molecule has 1 aromatic heterocycles. The minimum atomic E-state index is 0.448. The van der Waals surface area contributed by atoms with Gasteiger partial charge in [0.1, 0.15) is 0 Å². The highest BCUT2D eigenvalue weighted by Gasteiger charge is 2.34. The van der Waals surface area contributed by atoms with E-state index in [1.54, 1.807) is 4.68 Å². The summed E-state index contributed by atoms with van der Waals surface area (Å²) in [6.07, 6.45) is 6.95. The van der Waals surface area contributed by atoms with E-state index in [0.717, 1.165) is 36.6 Å². The maximum absolute atomic E-state index is 6.04. The van der Waals surface area contributed by atoms with E-state index in [1.165, 1.54) is 12.8 Å². The van der Waals surface area contributed by atoms with Crippen molar-refractivity contribution in [2.45, 2.75) is 12.8 Å². The molecule has 2 N–H and O–H groups in total. The van der Waals surface area contributed by atoms with E-state index in [4.69, 9.17) is 5.73 Å². The summed E-state index contributed by atoms with van der Waals surface area (Å²) in [5.74, 6) is 2.68. The molecule has 2 atom stereocenters. The SMILES string of the molecule is Nc1nc(N2CC3CC=CCC3C2)nn1-c1ccccc1. The Kier molecular flexibility index (Phi) is 2.91. The highest BCUT2D eigenvalue weighted by Crippen LogP contribution is 2.34. The molecule has 2 aromatic rings. The van der Waals surface area contributed by atoms with Gasteiger partial charge in [-0.15, -0.1) is 5.10 Å². The molecule has 2 aliphatic rings. The summed E-state index contributed by atoms with van der Waals surface area (Å²) in [7, 11) is 0. The van der Waals surface area contributed by atoms with Crippen LogP contribution in [0.2, 0.25) is 0 Å². The highest BCUT2D eigenvalue weighted by molar-refractivity contribution is 5.43. The topological polar surface area (TPSA) is 60.0 Å². The summed E-state index contributed by atoms with van der Waals surface area (Å²) in [6.45, 7) is 2.07. The summed E-state index contributed by atoms with van der Waals surface area (Å²) in [5, 5.41) is 4.61. The average Bonchev–Trinajstić information content (AvgIpc) is 3.11. The molecule has 1 saturated heterocycles. The van der Waals surface area contributed by atoms with Crippen LogP contribution in [-0.2, 0) is 0 Å². The molecule has 0 saturated carbocycles. The van der Waals surface area contributed by atoms with Gasteiger partial charge in [0.05, 0.1) is 5.69 Å². The van der Waals surface area contributed by atoms with Gasteiger partial charge in [0, 0.05) is 13.1 Å². The number of rotatable bonds is 2. The van der Waals surface area contributed by atoms with Gasteiger partial charge in [-0.2, -0.15) is 9.67 Å². The molecule has 2 unspecified atom stereocenters. The van der Waals surface area contributed by atoms with E-state index in [2.05, 4.69) is 27.1 Å². The predicted octanol–water partition coefficient (Wildman–Crippen LogP) is 2.25. The number of aromatic nitrogens is 3. The van der Waals surface area contributed by atoms with Crippen molar-refractivity contribution in [3.63, 3.8) is 0 Å². The fraction of sp³-hybridized carbons (Fsp3) is 0.375. The standard InChI is InChI=1S/C16H19N5/c17-15-18-16(19-21(15)14-8-2-1-3-9-14)20-10-12-6-4-5-7-13(12)11-20/h1-5,8-9,12-13H,6-7,10-11H2,(H2,17,18,19). The van der Waals surface area contributed by atoms with Gasteiger partial charge in [0.15, 0.2) is 0 Å². The molecule has 1 aromatic carbocycles. The summed E-state index contributed by atoms with van der Waals surface area (Å²) in [5.41, 5.74) is 6.99. The van der Waals surface area contributed by atoms with Crippen LogP contribution in [0.5, 0.6) is 0 Å². The van der Waals surface area contributed by atoms with Crippen LogP contribution in [0.4, 0.5) is 11.9 Å². The number of nitrogen functional groups attached to an aromatic ring is 1. The number of hydrogen-bond donors (Lipinski definition) is 1. The third-order valence-corrected chi connectivity index (χ3v) is 4.53. The number of nitrogens with zero attached hydrogens (tertiary/aromatic N) is 4. The number of anilines is 2. The minimum Gasteiger partial charge on any atom is -0.368 e. The number of para-hydroxylation sites is 1. The second-order valence-corrected chi connectivity index (χ2v) is 5.89. The van der Waals surface area contributed by atoms with Gasteiger partial charge in [0.25, 0.3) is 0 Å². The molecule has 0 radical (unpaired) electrons. The number of allylic oxidation sites excluding steroid dienone is 2. The second-order valence-electron chi connectivity index (χ2n) is 5.89. The predicted molar refractivity (Wildman–Crippen MR) is 83.3 cm³/mol. The van der Waals surface area contributed by atoms with Crippen molar-refractivity contribution >= 4 is 11.9 Å². The lowest BCUT2D eigenvalue weighted by molar-refractivity contribution is 0.411. The van der Waals surface area contributed by atoms with Gasteiger partial charge in [-0.1, -0.05) is 30.4 Å². The van der Waals surface area contributed by atoms with E-state index in [-0.39, 0.29) is 0 Å². The first kappa shape index (κ1) is 12.4. The van der Waals surface area contributed by atoms with Crippen LogP contribution in [0.15, 0.2) is 42.5 Å². The zero-order valence-electron chi connectivity index (χ0n) is 11.9. The van der Waals surface area contributed by atoms with Crippen molar-refractivity contribution in [1.29, 1.82) is 0 Å². The highest BCUT2D eigenvalue weighted by atomic mass is 15.5. The normalized spacial score (nSPS) is 24.3. The summed E-state index contributed by atoms with van der Waals surface area (Å²) < 4.78 is 1.72. The Hall–Kier alpha value is -2.30. The Morgan fingerprint density at radius 1 is 1.00 bits per heavy atom. The Bertz CT molecular complexity index is 645. The van der Waals surface area contributed by atoms with Crippen molar-refractivity contribution in [2.75, 3.05) is 23.7 Å². The molecule has 0 spiro atoms. The van der Waals surface area contributed by atoms with Crippen LogP contribution >= 0.6 is 0 Å². The third kappa shape index (κ3) is 2.18. The molecule has 1 fully saturated rings. The van der Waals surface area contributed by atoms with Crippen LogP contribution in [0.3, 0.4) is 0 Å². The van der Waals surface area contributed by atoms with E-state index in [9.17, 15) is 0 Å². The maximum Gasteiger partial charge on any atom is 0.247 e. The zero-order chi connectivity index (χ0) is 14.2. The number of benzene rings is 1. The largest absolute Gasteiger partial charge is 0.368 e. The average molecular weight is 281 g/mol. The van der Waals surface area contributed by atoms with E-state index in [1.807, 2.05) is 30.3 Å². The molecule has 1 aliphatic carbocycles.